The molecule has 2 unspecified atom stereocenters. The second-order valence-corrected chi connectivity index (χ2v) is 7.59. The van der Waals surface area contributed by atoms with Gasteiger partial charge in [0.15, 0.2) is 0 Å². The van der Waals surface area contributed by atoms with Gasteiger partial charge in [0.05, 0.1) is 11.3 Å². The van der Waals surface area contributed by atoms with Crippen molar-refractivity contribution in [3.05, 3.63) is 66.2 Å². The molecule has 0 bridgehead atoms. The van der Waals surface area contributed by atoms with E-state index in [1.807, 2.05) is 55.5 Å². The highest BCUT2D eigenvalue weighted by atomic mass is 32.2. The van der Waals surface area contributed by atoms with Crippen LogP contribution in [0.25, 0.3) is 0 Å². The maximum absolute atomic E-state index is 12.6. The van der Waals surface area contributed by atoms with Crippen molar-refractivity contribution in [3.8, 4) is 0 Å². The van der Waals surface area contributed by atoms with Gasteiger partial charge in [-0.1, -0.05) is 62.4 Å². The minimum atomic E-state index is -0.115. The monoisotopic (exact) mass is 327 g/mol. The third-order valence-corrected chi connectivity index (χ3v) is 4.76. The first-order valence-corrected chi connectivity index (χ1v) is 9.01. The summed E-state index contributed by atoms with van der Waals surface area (Å²) in [6, 6.07) is 20.4. The van der Waals surface area contributed by atoms with E-state index in [0.29, 0.717) is 5.92 Å². The first kappa shape index (κ1) is 17.6. The molecule has 0 fully saturated rings. The molecule has 0 radical (unpaired) electrons. The molecule has 0 aliphatic heterocycles. The Morgan fingerprint density at radius 2 is 1.52 bits per heavy atom. The van der Waals surface area contributed by atoms with Crippen LogP contribution < -0.4 is 5.32 Å². The molecule has 2 atom stereocenters. The average Bonchev–Trinajstić information content (AvgIpc) is 2.55. The van der Waals surface area contributed by atoms with Crippen LogP contribution in [0.3, 0.4) is 0 Å². The van der Waals surface area contributed by atoms with E-state index in [9.17, 15) is 4.79 Å². The van der Waals surface area contributed by atoms with Gasteiger partial charge < -0.3 is 5.32 Å². The van der Waals surface area contributed by atoms with Gasteiger partial charge in [0.2, 0.25) is 5.91 Å². The molecule has 0 saturated heterocycles. The summed E-state index contributed by atoms with van der Waals surface area (Å²) < 4.78 is 0. The second kappa shape index (κ2) is 8.78. The van der Waals surface area contributed by atoms with Crippen LogP contribution in [-0.4, -0.2) is 11.2 Å². The lowest BCUT2D eigenvalue weighted by Gasteiger charge is -2.23. The van der Waals surface area contributed by atoms with Crippen LogP contribution in [0, 0.1) is 5.92 Å². The maximum atomic E-state index is 12.6. The summed E-state index contributed by atoms with van der Waals surface area (Å²) in [7, 11) is 0. The van der Waals surface area contributed by atoms with Gasteiger partial charge >= 0.3 is 0 Å². The van der Waals surface area contributed by atoms with Crippen LogP contribution in [0.15, 0.2) is 65.6 Å². The predicted molar refractivity (Wildman–Crippen MR) is 98.5 cm³/mol. The van der Waals surface area contributed by atoms with Gasteiger partial charge in [-0.2, -0.15) is 0 Å². The first-order valence-electron chi connectivity index (χ1n) is 8.13. The summed E-state index contributed by atoms with van der Waals surface area (Å²) in [5.74, 6) is 0.617. The summed E-state index contributed by atoms with van der Waals surface area (Å²) in [5.41, 5.74) is 1.17. The molecule has 0 aliphatic carbocycles. The molecule has 2 rings (SSSR count). The second-order valence-electron chi connectivity index (χ2n) is 6.17. The van der Waals surface area contributed by atoms with Gasteiger partial charge in [-0.05, 0) is 37.0 Å². The molecule has 122 valence electrons. The van der Waals surface area contributed by atoms with E-state index in [1.54, 1.807) is 11.8 Å². The van der Waals surface area contributed by atoms with E-state index in [4.69, 9.17) is 0 Å². The highest BCUT2D eigenvalue weighted by molar-refractivity contribution is 8.00. The molecule has 2 aromatic rings. The molecule has 2 aromatic carbocycles. The maximum Gasteiger partial charge on any atom is 0.233 e. The Morgan fingerprint density at radius 3 is 2.09 bits per heavy atom. The zero-order valence-electron chi connectivity index (χ0n) is 14.0. The number of carbonyl (C=O) groups excluding carboxylic acids is 1. The smallest absolute Gasteiger partial charge is 0.233 e. The molecule has 3 heteroatoms. The summed E-state index contributed by atoms with van der Waals surface area (Å²) in [6.45, 7) is 6.33. The van der Waals surface area contributed by atoms with Crippen molar-refractivity contribution in [3.63, 3.8) is 0 Å². The van der Waals surface area contributed by atoms with Crippen molar-refractivity contribution < 1.29 is 4.79 Å². The van der Waals surface area contributed by atoms with Gasteiger partial charge in [0, 0.05) is 4.90 Å². The Morgan fingerprint density at radius 1 is 0.957 bits per heavy atom. The highest BCUT2D eigenvalue weighted by Crippen LogP contribution is 2.25. The quantitative estimate of drug-likeness (QED) is 0.719. The molecule has 0 heterocycles. The van der Waals surface area contributed by atoms with Gasteiger partial charge in [0.1, 0.15) is 0 Å². The summed E-state index contributed by atoms with van der Waals surface area (Å²) >= 11 is 1.60. The van der Waals surface area contributed by atoms with Crippen molar-refractivity contribution >= 4 is 17.7 Å². The summed E-state index contributed by atoms with van der Waals surface area (Å²) in [5, 5.41) is 3.11. The Labute approximate surface area is 143 Å². The lowest BCUT2D eigenvalue weighted by Crippen LogP contribution is -2.35. The van der Waals surface area contributed by atoms with Crippen LogP contribution in [0.2, 0.25) is 0 Å². The van der Waals surface area contributed by atoms with E-state index in [0.717, 1.165) is 11.3 Å². The number of hydrogen-bond acceptors (Lipinski definition) is 2. The van der Waals surface area contributed by atoms with Gasteiger partial charge in [0.25, 0.3) is 0 Å². The number of amides is 1. The molecule has 0 aromatic heterocycles. The number of rotatable bonds is 7. The van der Waals surface area contributed by atoms with Gasteiger partial charge in [-0.25, -0.2) is 0 Å². The van der Waals surface area contributed by atoms with Crippen LogP contribution in [0.5, 0.6) is 0 Å². The molecule has 0 spiro atoms. The van der Waals surface area contributed by atoms with Crippen LogP contribution in [0.1, 0.15) is 38.8 Å². The van der Waals surface area contributed by atoms with Crippen molar-refractivity contribution in [2.45, 2.75) is 43.4 Å². The fourth-order valence-electron chi connectivity index (χ4n) is 2.48. The minimum absolute atomic E-state index is 0.0718. The van der Waals surface area contributed by atoms with Crippen LogP contribution in [0.4, 0.5) is 0 Å². The van der Waals surface area contributed by atoms with E-state index < -0.39 is 0 Å². The lowest BCUT2D eigenvalue weighted by atomic mass is 9.97. The molecule has 1 N–H and O–H groups in total. The van der Waals surface area contributed by atoms with Gasteiger partial charge in [-0.3, -0.25) is 4.79 Å². The average molecular weight is 327 g/mol. The SMILES string of the molecule is CC(C)CC(NC(=O)C(C)Sc1ccccc1)c1ccccc1. The largest absolute Gasteiger partial charge is 0.348 e. The Bertz CT molecular complexity index is 598. The van der Waals surface area contributed by atoms with Crippen LogP contribution >= 0.6 is 11.8 Å². The fourth-order valence-corrected chi connectivity index (χ4v) is 3.38. The molecule has 23 heavy (non-hydrogen) atoms. The zero-order chi connectivity index (χ0) is 16.7. The van der Waals surface area contributed by atoms with Crippen LogP contribution in [-0.2, 0) is 4.79 Å². The third-order valence-electron chi connectivity index (χ3n) is 3.65. The number of benzene rings is 2. The number of carbonyl (C=O) groups is 1. The van der Waals surface area contributed by atoms with E-state index >= 15 is 0 Å². The van der Waals surface area contributed by atoms with E-state index in [1.165, 1.54) is 5.56 Å². The van der Waals surface area contributed by atoms with Crippen molar-refractivity contribution in [2.24, 2.45) is 5.92 Å². The van der Waals surface area contributed by atoms with E-state index in [2.05, 4.69) is 31.3 Å². The highest BCUT2D eigenvalue weighted by Gasteiger charge is 2.20. The summed E-state index contributed by atoms with van der Waals surface area (Å²) in [6.07, 6.45) is 0.943. The predicted octanol–water partition coefficient (Wildman–Crippen LogP) is 5.07. The van der Waals surface area contributed by atoms with Crippen molar-refractivity contribution in [1.82, 2.24) is 5.32 Å². The molecular weight excluding hydrogens is 302 g/mol. The normalized spacial score (nSPS) is 13.6. The van der Waals surface area contributed by atoms with E-state index in [-0.39, 0.29) is 17.2 Å². The third kappa shape index (κ3) is 5.76. The fraction of sp³-hybridized carbons (Fsp3) is 0.350. The molecule has 0 aliphatic rings. The van der Waals surface area contributed by atoms with Crippen molar-refractivity contribution in [2.75, 3.05) is 0 Å². The Balaban J connectivity index is 2.02. The number of hydrogen-bond donors (Lipinski definition) is 1. The standard InChI is InChI=1S/C20H25NOS/c1-15(2)14-19(17-10-6-4-7-11-17)21-20(22)16(3)23-18-12-8-5-9-13-18/h4-13,15-16,19H,14H2,1-3H3,(H,21,22). The Kier molecular flexibility index (Phi) is 6.72. The first-order chi connectivity index (χ1) is 11.1. The number of thioether (sulfide) groups is 1. The zero-order valence-corrected chi connectivity index (χ0v) is 14.8. The Hall–Kier alpha value is -1.74. The molecule has 0 saturated carbocycles. The summed E-state index contributed by atoms with van der Waals surface area (Å²) in [4.78, 5) is 13.7. The lowest BCUT2D eigenvalue weighted by molar-refractivity contribution is -0.121. The number of nitrogens with one attached hydrogen (secondary N) is 1. The van der Waals surface area contributed by atoms with Crippen molar-refractivity contribution in [1.29, 1.82) is 0 Å². The molecule has 1 amide bonds. The molecular formula is C20H25NOS. The topological polar surface area (TPSA) is 29.1 Å². The molecule has 2 nitrogen and oxygen atoms in total. The van der Waals surface area contributed by atoms with Gasteiger partial charge in [-0.15, -0.1) is 11.8 Å². The minimum Gasteiger partial charge on any atom is -0.348 e.